The Kier molecular flexibility index (Phi) is 5.21. The minimum Gasteiger partial charge on any atom is -0.497 e. The first-order chi connectivity index (χ1) is 11.6. The lowest BCUT2D eigenvalue weighted by Gasteiger charge is -2.23. The summed E-state index contributed by atoms with van der Waals surface area (Å²) in [6.07, 6.45) is 3.46. The van der Waals surface area contributed by atoms with Crippen LogP contribution >= 0.6 is 0 Å². The van der Waals surface area contributed by atoms with E-state index in [4.69, 9.17) is 15.6 Å². The summed E-state index contributed by atoms with van der Waals surface area (Å²) in [5.41, 5.74) is 11.1. The molecule has 0 spiro atoms. The Bertz CT molecular complexity index is 675. The lowest BCUT2D eigenvalue weighted by atomic mass is 9.84. The van der Waals surface area contributed by atoms with E-state index in [0.717, 1.165) is 42.9 Å². The molecule has 1 aliphatic rings. The van der Waals surface area contributed by atoms with Crippen molar-refractivity contribution in [2.45, 2.75) is 31.7 Å². The first-order valence-electron chi connectivity index (χ1n) is 8.72. The largest absolute Gasteiger partial charge is 0.497 e. The normalized spacial score (nSPS) is 17.1. The first kappa shape index (κ1) is 17.0. The number of ether oxygens (including phenoxy) is 1. The third-order valence-corrected chi connectivity index (χ3v) is 4.88. The smallest absolute Gasteiger partial charge is 0.118 e. The van der Waals surface area contributed by atoms with Gasteiger partial charge in [-0.15, -0.1) is 0 Å². The lowest BCUT2D eigenvalue weighted by Crippen LogP contribution is -2.22. The SMILES string of the molecule is COc1ccc(-c2nn(CCN(C)C)c3c2C(CN)CCC3)cc1. The average Bonchev–Trinajstić information content (AvgIpc) is 2.99. The van der Waals surface area contributed by atoms with Gasteiger partial charge in [0, 0.05) is 29.3 Å². The van der Waals surface area contributed by atoms with Crippen molar-refractivity contribution in [1.29, 1.82) is 0 Å². The zero-order valence-electron chi connectivity index (χ0n) is 15.0. The number of likely N-dealkylation sites (N-methyl/N-ethyl adjacent to an activating group) is 1. The predicted octanol–water partition coefficient (Wildman–Crippen LogP) is 2.50. The van der Waals surface area contributed by atoms with Crippen molar-refractivity contribution < 1.29 is 4.74 Å². The van der Waals surface area contributed by atoms with E-state index in [1.165, 1.54) is 17.7 Å². The van der Waals surface area contributed by atoms with Crippen molar-refractivity contribution in [2.75, 3.05) is 34.3 Å². The van der Waals surface area contributed by atoms with Crippen LogP contribution in [-0.4, -0.2) is 49.0 Å². The molecule has 0 bridgehead atoms. The van der Waals surface area contributed by atoms with Gasteiger partial charge in [-0.1, -0.05) is 0 Å². The van der Waals surface area contributed by atoms with Crippen molar-refractivity contribution in [3.63, 3.8) is 0 Å². The average molecular weight is 328 g/mol. The van der Waals surface area contributed by atoms with E-state index in [9.17, 15) is 0 Å². The molecule has 0 amide bonds. The Labute approximate surface area is 144 Å². The molecule has 0 saturated heterocycles. The Morgan fingerprint density at radius 1 is 1.29 bits per heavy atom. The van der Waals surface area contributed by atoms with Crippen LogP contribution in [0.4, 0.5) is 0 Å². The maximum atomic E-state index is 6.08. The van der Waals surface area contributed by atoms with Crippen molar-refractivity contribution in [1.82, 2.24) is 14.7 Å². The Morgan fingerprint density at radius 3 is 2.67 bits per heavy atom. The predicted molar refractivity (Wildman–Crippen MR) is 97.5 cm³/mol. The Balaban J connectivity index is 2.03. The number of benzene rings is 1. The summed E-state index contributed by atoms with van der Waals surface area (Å²) >= 11 is 0. The van der Waals surface area contributed by atoms with E-state index in [0.29, 0.717) is 12.5 Å². The first-order valence-corrected chi connectivity index (χ1v) is 8.72. The van der Waals surface area contributed by atoms with Gasteiger partial charge in [-0.05, 0) is 64.2 Å². The number of methoxy groups -OCH3 is 1. The van der Waals surface area contributed by atoms with Crippen molar-refractivity contribution >= 4 is 0 Å². The number of nitrogens with zero attached hydrogens (tertiary/aromatic N) is 3. The number of hydrogen-bond acceptors (Lipinski definition) is 4. The van der Waals surface area contributed by atoms with E-state index in [2.05, 4.69) is 35.8 Å². The molecule has 0 radical (unpaired) electrons. The fourth-order valence-corrected chi connectivity index (χ4v) is 3.54. The highest BCUT2D eigenvalue weighted by Crippen LogP contribution is 2.38. The highest BCUT2D eigenvalue weighted by Gasteiger charge is 2.28. The summed E-state index contributed by atoms with van der Waals surface area (Å²) < 4.78 is 7.48. The van der Waals surface area contributed by atoms with Gasteiger partial charge in [0.2, 0.25) is 0 Å². The molecule has 2 N–H and O–H groups in total. The van der Waals surface area contributed by atoms with Crippen LogP contribution < -0.4 is 10.5 Å². The molecule has 1 aromatic carbocycles. The summed E-state index contributed by atoms with van der Waals surface area (Å²) in [5.74, 6) is 1.29. The third-order valence-electron chi connectivity index (χ3n) is 4.88. The third kappa shape index (κ3) is 3.32. The topological polar surface area (TPSA) is 56.3 Å². The van der Waals surface area contributed by atoms with Gasteiger partial charge in [0.05, 0.1) is 19.3 Å². The number of aromatic nitrogens is 2. The van der Waals surface area contributed by atoms with Gasteiger partial charge < -0.3 is 15.4 Å². The van der Waals surface area contributed by atoms with Crippen molar-refractivity contribution in [2.24, 2.45) is 5.73 Å². The van der Waals surface area contributed by atoms with Crippen LogP contribution in [0, 0.1) is 0 Å². The molecule has 24 heavy (non-hydrogen) atoms. The summed E-state index contributed by atoms with van der Waals surface area (Å²) in [5, 5.41) is 4.98. The molecule has 5 heteroatoms. The molecular weight excluding hydrogens is 300 g/mol. The molecule has 0 aliphatic heterocycles. The van der Waals surface area contributed by atoms with E-state index in [-0.39, 0.29) is 0 Å². The number of nitrogens with two attached hydrogens (primary N) is 1. The fourth-order valence-electron chi connectivity index (χ4n) is 3.54. The molecule has 1 unspecified atom stereocenters. The monoisotopic (exact) mass is 328 g/mol. The highest BCUT2D eigenvalue weighted by molar-refractivity contribution is 5.66. The van der Waals surface area contributed by atoms with Crippen LogP contribution in [0.3, 0.4) is 0 Å². The number of fused-ring (bicyclic) bond motifs is 1. The van der Waals surface area contributed by atoms with Crippen LogP contribution in [0.15, 0.2) is 24.3 Å². The second kappa shape index (κ2) is 7.36. The van der Waals surface area contributed by atoms with Gasteiger partial charge in [0.25, 0.3) is 0 Å². The second-order valence-corrected chi connectivity index (χ2v) is 6.79. The maximum absolute atomic E-state index is 6.08. The minimum atomic E-state index is 0.416. The second-order valence-electron chi connectivity index (χ2n) is 6.79. The van der Waals surface area contributed by atoms with Crippen molar-refractivity contribution in [3.05, 3.63) is 35.5 Å². The Morgan fingerprint density at radius 2 is 2.04 bits per heavy atom. The van der Waals surface area contributed by atoms with Gasteiger partial charge in [-0.2, -0.15) is 5.10 Å². The van der Waals surface area contributed by atoms with Crippen LogP contribution in [0.2, 0.25) is 0 Å². The Hall–Kier alpha value is -1.85. The molecule has 0 saturated carbocycles. The maximum Gasteiger partial charge on any atom is 0.118 e. The summed E-state index contributed by atoms with van der Waals surface area (Å²) in [7, 11) is 5.89. The van der Waals surface area contributed by atoms with Crippen LogP contribution in [-0.2, 0) is 13.0 Å². The van der Waals surface area contributed by atoms with E-state index in [1.807, 2.05) is 12.1 Å². The van der Waals surface area contributed by atoms with Gasteiger partial charge in [0.15, 0.2) is 0 Å². The van der Waals surface area contributed by atoms with E-state index >= 15 is 0 Å². The number of hydrogen-bond donors (Lipinski definition) is 1. The minimum absolute atomic E-state index is 0.416. The van der Waals surface area contributed by atoms with E-state index < -0.39 is 0 Å². The van der Waals surface area contributed by atoms with Gasteiger partial charge in [0.1, 0.15) is 5.75 Å². The van der Waals surface area contributed by atoms with Gasteiger partial charge in [-0.3, -0.25) is 4.68 Å². The van der Waals surface area contributed by atoms with Crippen molar-refractivity contribution in [3.8, 4) is 17.0 Å². The zero-order chi connectivity index (χ0) is 17.1. The van der Waals surface area contributed by atoms with Crippen LogP contribution in [0.1, 0.15) is 30.0 Å². The molecule has 5 nitrogen and oxygen atoms in total. The fraction of sp³-hybridized carbons (Fsp3) is 0.526. The lowest BCUT2D eigenvalue weighted by molar-refractivity contribution is 0.367. The molecule has 1 atom stereocenters. The molecular formula is C19H28N4O. The quantitative estimate of drug-likeness (QED) is 0.885. The van der Waals surface area contributed by atoms with Crippen LogP contribution in [0.25, 0.3) is 11.3 Å². The molecule has 1 aromatic heterocycles. The zero-order valence-corrected chi connectivity index (χ0v) is 15.0. The standard InChI is InChI=1S/C19H28N4O/c1-22(2)11-12-23-17-6-4-5-15(13-20)18(17)19(21-23)14-7-9-16(24-3)10-8-14/h7-10,15H,4-6,11-13,20H2,1-3H3. The molecule has 1 heterocycles. The molecule has 1 aliphatic carbocycles. The summed E-state index contributed by atoms with van der Waals surface area (Å²) in [4.78, 5) is 2.20. The summed E-state index contributed by atoms with van der Waals surface area (Å²) in [6.45, 7) is 2.60. The van der Waals surface area contributed by atoms with Gasteiger partial charge in [-0.25, -0.2) is 0 Å². The molecule has 2 aromatic rings. The van der Waals surface area contributed by atoms with Crippen LogP contribution in [0.5, 0.6) is 5.75 Å². The number of rotatable bonds is 6. The van der Waals surface area contributed by atoms with Gasteiger partial charge >= 0.3 is 0 Å². The van der Waals surface area contributed by atoms with E-state index in [1.54, 1.807) is 7.11 Å². The highest BCUT2D eigenvalue weighted by atomic mass is 16.5. The summed E-state index contributed by atoms with van der Waals surface area (Å²) in [6, 6.07) is 8.20. The molecule has 130 valence electrons. The molecule has 3 rings (SSSR count). The molecule has 0 fully saturated rings.